The maximum Gasteiger partial charge on any atom is 0.270 e. The second-order valence-corrected chi connectivity index (χ2v) is 7.73. The van der Waals surface area contributed by atoms with Crippen molar-refractivity contribution in [1.82, 2.24) is 9.62 Å². The molecule has 2 aromatic rings. The summed E-state index contributed by atoms with van der Waals surface area (Å²) in [5.41, 5.74) is 0.139. The third kappa shape index (κ3) is 3.62. The van der Waals surface area contributed by atoms with Crippen LogP contribution in [0.1, 0.15) is 11.6 Å². The predicted molar refractivity (Wildman–Crippen MR) is 95.7 cm³/mol. The monoisotopic (exact) mass is 391 g/mol. The number of rotatable bonds is 5. The van der Waals surface area contributed by atoms with Gasteiger partial charge in [0, 0.05) is 25.2 Å². The molecule has 0 saturated carbocycles. The molecular formula is C17H17N3O6S. The van der Waals surface area contributed by atoms with Crippen LogP contribution in [0.4, 0.5) is 5.69 Å². The molecule has 1 unspecified atom stereocenters. The highest BCUT2D eigenvalue weighted by Gasteiger charge is 2.39. The van der Waals surface area contributed by atoms with Gasteiger partial charge in [-0.2, -0.15) is 4.31 Å². The van der Waals surface area contributed by atoms with Crippen molar-refractivity contribution in [3.05, 3.63) is 64.2 Å². The van der Waals surface area contributed by atoms with Crippen LogP contribution in [0.15, 0.2) is 53.4 Å². The van der Waals surface area contributed by atoms with Gasteiger partial charge in [-0.3, -0.25) is 14.9 Å². The fourth-order valence-electron chi connectivity index (χ4n) is 2.90. The molecule has 1 fully saturated rings. The Kier molecular flexibility index (Phi) is 5.10. The second-order valence-electron chi connectivity index (χ2n) is 5.84. The number of nitrogens with zero attached hydrogens (tertiary/aromatic N) is 2. The number of nitrogens with one attached hydrogen (secondary N) is 1. The Labute approximate surface area is 155 Å². The average Bonchev–Trinajstić information content (AvgIpc) is 2.68. The summed E-state index contributed by atoms with van der Waals surface area (Å²) >= 11 is 0. The van der Waals surface area contributed by atoms with Crippen LogP contribution in [0.25, 0.3) is 0 Å². The maximum absolute atomic E-state index is 13.1. The predicted octanol–water partition coefficient (Wildman–Crippen LogP) is 1.47. The summed E-state index contributed by atoms with van der Waals surface area (Å²) in [4.78, 5) is 22.5. The highest BCUT2D eigenvalue weighted by atomic mass is 32.2. The van der Waals surface area contributed by atoms with Gasteiger partial charge in [0.25, 0.3) is 5.69 Å². The molecule has 0 aliphatic carbocycles. The molecule has 1 saturated heterocycles. The van der Waals surface area contributed by atoms with Crippen molar-refractivity contribution in [3.63, 3.8) is 0 Å². The van der Waals surface area contributed by atoms with E-state index in [-0.39, 0.29) is 23.7 Å². The zero-order valence-corrected chi connectivity index (χ0v) is 15.2. The molecule has 0 spiro atoms. The maximum atomic E-state index is 13.1. The van der Waals surface area contributed by atoms with Crippen molar-refractivity contribution in [2.24, 2.45) is 0 Å². The molecule has 3 rings (SSSR count). The molecule has 0 radical (unpaired) electrons. The molecule has 1 N–H and O–H groups in total. The number of nitro benzene ring substituents is 1. The standard InChI is InChI=1S/C17H17N3O6S/c1-26-14-7-5-12(6-8-14)16-17(21)18-9-10-19(16)27(24,25)15-4-2-3-13(11-15)20(22)23/h2-8,11,16H,9-10H2,1H3,(H,18,21). The lowest BCUT2D eigenvalue weighted by molar-refractivity contribution is -0.385. The number of methoxy groups -OCH3 is 1. The summed E-state index contributed by atoms with van der Waals surface area (Å²) in [7, 11) is -2.63. The number of nitro groups is 1. The van der Waals surface area contributed by atoms with Gasteiger partial charge < -0.3 is 10.1 Å². The smallest absolute Gasteiger partial charge is 0.270 e. The number of ether oxygens (including phenoxy) is 1. The first-order valence-corrected chi connectivity index (χ1v) is 9.46. The lowest BCUT2D eigenvalue weighted by Crippen LogP contribution is -2.52. The van der Waals surface area contributed by atoms with Crippen molar-refractivity contribution >= 4 is 21.6 Å². The first kappa shape index (κ1) is 18.8. The number of carbonyl (C=O) groups excluding carboxylic acids is 1. The van der Waals surface area contributed by atoms with E-state index < -0.39 is 26.9 Å². The first-order chi connectivity index (χ1) is 12.8. The molecular weight excluding hydrogens is 374 g/mol. The Morgan fingerprint density at radius 1 is 1.22 bits per heavy atom. The topological polar surface area (TPSA) is 119 Å². The Morgan fingerprint density at radius 3 is 2.56 bits per heavy atom. The van der Waals surface area contributed by atoms with Gasteiger partial charge in [0.15, 0.2) is 0 Å². The minimum atomic E-state index is -4.13. The van der Waals surface area contributed by atoms with Crippen LogP contribution in [0.3, 0.4) is 0 Å². The summed E-state index contributed by atoms with van der Waals surface area (Å²) in [5.74, 6) is 0.114. The minimum absolute atomic E-state index is 0.0491. The Morgan fingerprint density at radius 2 is 1.93 bits per heavy atom. The van der Waals surface area contributed by atoms with Gasteiger partial charge in [-0.1, -0.05) is 18.2 Å². The van der Waals surface area contributed by atoms with Gasteiger partial charge in [-0.25, -0.2) is 8.42 Å². The average molecular weight is 391 g/mol. The fourth-order valence-corrected chi connectivity index (χ4v) is 4.52. The van der Waals surface area contributed by atoms with Crippen LogP contribution >= 0.6 is 0 Å². The van der Waals surface area contributed by atoms with Crippen molar-refractivity contribution in [2.45, 2.75) is 10.9 Å². The number of sulfonamides is 1. The molecule has 0 aromatic heterocycles. The van der Waals surface area contributed by atoms with Crippen molar-refractivity contribution < 1.29 is 22.9 Å². The summed E-state index contributed by atoms with van der Waals surface area (Å²) in [5, 5.41) is 13.6. The summed E-state index contributed by atoms with van der Waals surface area (Å²) in [6, 6.07) is 10.2. The minimum Gasteiger partial charge on any atom is -0.497 e. The molecule has 2 aromatic carbocycles. The number of hydrogen-bond donors (Lipinski definition) is 1. The summed E-state index contributed by atoms with van der Waals surface area (Å²) in [6.07, 6.45) is 0. The third-order valence-corrected chi connectivity index (χ3v) is 6.09. The molecule has 1 amide bonds. The number of amides is 1. The Hall–Kier alpha value is -2.98. The number of benzene rings is 2. The van der Waals surface area contributed by atoms with E-state index >= 15 is 0 Å². The lowest BCUT2D eigenvalue weighted by atomic mass is 10.0. The van der Waals surface area contributed by atoms with Crippen molar-refractivity contribution in [1.29, 1.82) is 0 Å². The zero-order chi connectivity index (χ0) is 19.6. The van der Waals surface area contributed by atoms with Crippen LogP contribution in [0, 0.1) is 10.1 Å². The lowest BCUT2D eigenvalue weighted by Gasteiger charge is -2.34. The quantitative estimate of drug-likeness (QED) is 0.609. The first-order valence-electron chi connectivity index (χ1n) is 8.02. The number of piperazine rings is 1. The van der Waals surface area contributed by atoms with Crippen LogP contribution in [0.5, 0.6) is 5.75 Å². The van der Waals surface area contributed by atoms with Gasteiger partial charge in [-0.05, 0) is 23.8 Å². The molecule has 1 aliphatic heterocycles. The SMILES string of the molecule is COc1ccc(C2C(=O)NCCN2S(=O)(=O)c2cccc([N+](=O)[O-])c2)cc1. The van der Waals surface area contributed by atoms with E-state index in [0.29, 0.717) is 11.3 Å². The van der Waals surface area contributed by atoms with E-state index in [4.69, 9.17) is 4.74 Å². The number of carbonyl (C=O) groups is 1. The number of non-ortho nitro benzene ring substituents is 1. The van der Waals surface area contributed by atoms with Gasteiger partial charge in [0.2, 0.25) is 15.9 Å². The normalized spacial score (nSPS) is 18.0. The second kappa shape index (κ2) is 7.33. The van der Waals surface area contributed by atoms with Crippen LogP contribution in [-0.2, 0) is 14.8 Å². The van der Waals surface area contributed by atoms with Crippen LogP contribution in [-0.4, -0.2) is 43.8 Å². The summed E-state index contributed by atoms with van der Waals surface area (Å²) < 4.78 is 32.4. The molecule has 0 bridgehead atoms. The molecule has 1 atom stereocenters. The number of hydrogen-bond acceptors (Lipinski definition) is 6. The van der Waals surface area contributed by atoms with Crippen LogP contribution in [0.2, 0.25) is 0 Å². The highest BCUT2D eigenvalue weighted by Crippen LogP contribution is 2.31. The van der Waals surface area contributed by atoms with Gasteiger partial charge in [0.05, 0.1) is 16.9 Å². The van der Waals surface area contributed by atoms with Gasteiger partial charge >= 0.3 is 0 Å². The molecule has 1 aliphatic rings. The highest BCUT2D eigenvalue weighted by molar-refractivity contribution is 7.89. The van der Waals surface area contributed by atoms with E-state index in [1.807, 2.05) is 0 Å². The molecule has 1 heterocycles. The van der Waals surface area contributed by atoms with Crippen molar-refractivity contribution in [2.75, 3.05) is 20.2 Å². The van der Waals surface area contributed by atoms with E-state index in [2.05, 4.69) is 5.32 Å². The third-order valence-electron chi connectivity index (χ3n) is 4.23. The molecule has 10 heteroatoms. The Bertz CT molecular complexity index is 974. The summed E-state index contributed by atoms with van der Waals surface area (Å²) in [6.45, 7) is 0.201. The molecule has 27 heavy (non-hydrogen) atoms. The Balaban J connectivity index is 2.04. The van der Waals surface area contributed by atoms with Gasteiger partial charge in [-0.15, -0.1) is 0 Å². The molecule has 142 valence electrons. The fraction of sp³-hybridized carbons (Fsp3) is 0.235. The van der Waals surface area contributed by atoms with E-state index in [0.717, 1.165) is 10.4 Å². The van der Waals surface area contributed by atoms with Crippen molar-refractivity contribution in [3.8, 4) is 5.75 Å². The van der Waals surface area contributed by atoms with E-state index in [1.165, 1.54) is 25.3 Å². The zero-order valence-electron chi connectivity index (χ0n) is 14.4. The van der Waals surface area contributed by atoms with Gasteiger partial charge in [0.1, 0.15) is 11.8 Å². The van der Waals surface area contributed by atoms with E-state index in [1.54, 1.807) is 24.3 Å². The van der Waals surface area contributed by atoms with Crippen LogP contribution < -0.4 is 10.1 Å². The molecule has 9 nitrogen and oxygen atoms in total. The van der Waals surface area contributed by atoms with E-state index in [9.17, 15) is 23.3 Å². The largest absolute Gasteiger partial charge is 0.497 e.